The van der Waals surface area contributed by atoms with Crippen LogP contribution in [0.25, 0.3) is 11.1 Å². The smallest absolute Gasteiger partial charge is 0.0253 e. The molecular weight excluding hydrogens is 546 g/mol. The van der Waals surface area contributed by atoms with Gasteiger partial charge in [0.1, 0.15) is 0 Å². The molecule has 0 nitrogen and oxygen atoms in total. The average molecular weight is 581 g/mol. The molecule has 0 heterocycles. The monoisotopic (exact) mass is 578 g/mol. The molecule has 0 saturated carbocycles. The topological polar surface area (TPSA) is 0 Å². The van der Waals surface area contributed by atoms with E-state index < -0.39 is 0 Å². The van der Waals surface area contributed by atoms with Gasteiger partial charge in [-0.3, -0.25) is 6.08 Å². The molecule has 0 radical (unpaired) electrons. The van der Waals surface area contributed by atoms with Gasteiger partial charge < -0.3 is 24.8 Å². The van der Waals surface area contributed by atoms with Crippen LogP contribution >= 0.6 is 0 Å². The van der Waals surface area contributed by atoms with Crippen LogP contribution in [0.15, 0.2) is 90.0 Å². The van der Waals surface area contributed by atoms with Crippen LogP contribution in [0.3, 0.4) is 0 Å². The maximum absolute atomic E-state index is 3.48. The van der Waals surface area contributed by atoms with Crippen molar-refractivity contribution in [1.82, 2.24) is 0 Å². The molecule has 0 fully saturated rings. The molecule has 3 aromatic rings. The molecule has 0 N–H and O–H groups in total. The van der Waals surface area contributed by atoms with Crippen molar-refractivity contribution in [1.29, 1.82) is 0 Å². The van der Waals surface area contributed by atoms with Crippen molar-refractivity contribution in [3.8, 4) is 11.1 Å². The molecule has 0 aromatic heterocycles. The maximum atomic E-state index is 3.48. The van der Waals surface area contributed by atoms with Crippen molar-refractivity contribution in [2.75, 3.05) is 0 Å². The third-order valence-electron chi connectivity index (χ3n) is 5.89. The van der Waals surface area contributed by atoms with Gasteiger partial charge in [0, 0.05) is 0 Å². The van der Waals surface area contributed by atoms with Crippen molar-refractivity contribution in [2.24, 2.45) is 11.3 Å². The normalized spacial score (nSPS) is 14.8. The molecule has 3 aromatic carbocycles. The summed E-state index contributed by atoms with van der Waals surface area (Å²) in [6.07, 6.45) is 8.00. The second kappa shape index (κ2) is 14.9. The molecule has 1 atom stereocenters. The first-order valence-corrected chi connectivity index (χ1v) is 13.2. The van der Waals surface area contributed by atoms with Crippen LogP contribution in [0, 0.1) is 23.5 Å². The Balaban J connectivity index is 0.000000262. The fraction of sp³-hybridized carbons (Fsp3) is 0.281. The van der Waals surface area contributed by atoms with Crippen LogP contribution in [-0.4, -0.2) is 3.71 Å². The Hall–Kier alpha value is -1.53. The number of rotatable bonds is 2. The van der Waals surface area contributed by atoms with Gasteiger partial charge in [0.2, 0.25) is 0 Å². The predicted octanol–water partition coefficient (Wildman–Crippen LogP) is 2.20. The Bertz CT molecular complexity index is 1090. The van der Waals surface area contributed by atoms with E-state index >= 15 is 0 Å². The molecular formula is C32H34Cl2Zr-2. The van der Waals surface area contributed by atoms with E-state index in [0.29, 0.717) is 11.3 Å². The predicted molar refractivity (Wildman–Crippen MR) is 139 cm³/mol. The molecule has 35 heavy (non-hydrogen) atoms. The van der Waals surface area contributed by atoms with E-state index in [1.54, 1.807) is 0 Å². The second-order valence-corrected chi connectivity index (χ2v) is 10.3. The first-order chi connectivity index (χ1) is 15.8. The van der Waals surface area contributed by atoms with Gasteiger partial charge in [0.05, 0.1) is 0 Å². The van der Waals surface area contributed by atoms with Crippen LogP contribution < -0.4 is 24.8 Å². The minimum absolute atomic E-state index is 0. The second-order valence-electron chi connectivity index (χ2n) is 9.55. The molecule has 0 spiro atoms. The SMILES string of the molecule is CCC1=[C-]C(C)C=C1C(C)(C)C.[Cl-].[Cl-].[Zr+2]=[CH]c1ccccc1.[c-]1cccc2c1Cc1ccccc1-2. The summed E-state index contributed by atoms with van der Waals surface area (Å²) >= 11 is 1.46. The summed E-state index contributed by atoms with van der Waals surface area (Å²) in [4.78, 5) is 0. The van der Waals surface area contributed by atoms with E-state index in [1.807, 2.05) is 12.1 Å². The van der Waals surface area contributed by atoms with Gasteiger partial charge in [-0.2, -0.15) is 41.5 Å². The maximum Gasteiger partial charge on any atom is -0.0253 e. The summed E-state index contributed by atoms with van der Waals surface area (Å²) in [5.74, 6) is 0.522. The molecule has 0 saturated heterocycles. The van der Waals surface area contributed by atoms with Gasteiger partial charge in [-0.1, -0.05) is 87.8 Å². The Morgan fingerprint density at radius 2 is 1.54 bits per heavy atom. The molecule has 1 unspecified atom stereocenters. The van der Waals surface area contributed by atoms with E-state index in [1.165, 1.54) is 63.2 Å². The van der Waals surface area contributed by atoms with Gasteiger partial charge in [-0.05, 0) is 6.42 Å². The summed E-state index contributed by atoms with van der Waals surface area (Å²) in [6.45, 7) is 11.2. The number of hydrogen-bond donors (Lipinski definition) is 0. The number of benzene rings is 3. The minimum atomic E-state index is 0. The van der Waals surface area contributed by atoms with Crippen LogP contribution in [-0.2, 0) is 30.7 Å². The Morgan fingerprint density at radius 1 is 0.914 bits per heavy atom. The third kappa shape index (κ3) is 8.82. The van der Waals surface area contributed by atoms with Crippen molar-refractivity contribution >= 4 is 3.71 Å². The summed E-state index contributed by atoms with van der Waals surface area (Å²) in [5, 5.41) is 0. The Labute approximate surface area is 240 Å². The van der Waals surface area contributed by atoms with E-state index in [-0.39, 0.29) is 24.8 Å². The summed E-state index contributed by atoms with van der Waals surface area (Å²) in [7, 11) is 0. The van der Waals surface area contributed by atoms with E-state index in [9.17, 15) is 0 Å². The van der Waals surface area contributed by atoms with Crippen LogP contribution in [0.2, 0.25) is 0 Å². The number of allylic oxidation sites excluding steroid dienone is 4. The molecule has 5 rings (SSSR count). The van der Waals surface area contributed by atoms with Gasteiger partial charge in [0.25, 0.3) is 0 Å². The zero-order valence-corrected chi connectivity index (χ0v) is 25.3. The van der Waals surface area contributed by atoms with Crippen molar-refractivity contribution in [3.05, 3.63) is 119 Å². The molecule has 3 heteroatoms. The number of halogens is 2. The van der Waals surface area contributed by atoms with Crippen molar-refractivity contribution in [3.63, 3.8) is 0 Å². The van der Waals surface area contributed by atoms with E-state index in [4.69, 9.17) is 0 Å². The van der Waals surface area contributed by atoms with Crippen molar-refractivity contribution < 1.29 is 49.0 Å². The first kappa shape index (κ1) is 31.5. The van der Waals surface area contributed by atoms with Gasteiger partial charge in [-0.25, -0.2) is 5.57 Å². The standard InChI is InChI=1S/C13H9.C12H19.C7H6.2ClH.Zr/c1-3-7-12-10(5-1)9-11-6-2-4-8-13(11)12;1-6-10-7-9(2)8-11(10)12(3,4)5;1-7-5-3-2-4-6-7;;;/h1-5,7-8H,9H2;8-9H,6H2,1-5H3;1-6H;2*1H;/q2*-1;;;;+2/p-2. The molecule has 0 bridgehead atoms. The zero-order valence-electron chi connectivity index (χ0n) is 21.3. The van der Waals surface area contributed by atoms with E-state index in [2.05, 4.69) is 117 Å². The van der Waals surface area contributed by atoms with Gasteiger partial charge in [0.15, 0.2) is 0 Å². The largest absolute Gasteiger partial charge is 0.179 e. The van der Waals surface area contributed by atoms with Crippen LogP contribution in [0.1, 0.15) is 57.7 Å². The molecule has 2 aliphatic rings. The Morgan fingerprint density at radius 3 is 2.11 bits per heavy atom. The van der Waals surface area contributed by atoms with E-state index in [0.717, 1.165) is 12.8 Å². The Kier molecular flexibility index (Phi) is 13.4. The van der Waals surface area contributed by atoms with Crippen LogP contribution in [0.4, 0.5) is 0 Å². The van der Waals surface area contributed by atoms with Crippen molar-refractivity contribution in [2.45, 2.75) is 47.5 Å². The van der Waals surface area contributed by atoms with Gasteiger partial charge >= 0.3 is 63.8 Å². The minimum Gasteiger partial charge on any atom is -0.179 e. The fourth-order valence-corrected chi connectivity index (χ4v) is 4.76. The molecule has 182 valence electrons. The summed E-state index contributed by atoms with van der Waals surface area (Å²) in [6, 6.07) is 28.5. The molecule has 2 aliphatic carbocycles. The third-order valence-corrected chi connectivity index (χ3v) is 6.71. The fourth-order valence-electron chi connectivity index (χ4n) is 4.29. The first-order valence-electron chi connectivity index (χ1n) is 11.8. The number of fused-ring (bicyclic) bond motifs is 3. The zero-order chi connectivity index (χ0) is 23.8. The van der Waals surface area contributed by atoms with Crippen LogP contribution in [0.5, 0.6) is 0 Å². The average Bonchev–Trinajstić information content (AvgIpc) is 3.40. The number of hydrogen-bond acceptors (Lipinski definition) is 0. The van der Waals surface area contributed by atoms with Gasteiger partial charge in [-0.15, -0.1) is 5.56 Å². The summed E-state index contributed by atoms with van der Waals surface area (Å²) < 4.78 is 2.17. The summed E-state index contributed by atoms with van der Waals surface area (Å²) in [5.41, 5.74) is 10.1. The quantitative estimate of drug-likeness (QED) is 0.319. The molecule has 0 amide bonds. The molecule has 0 aliphatic heterocycles.